The fourth-order valence-corrected chi connectivity index (χ4v) is 5.35. The summed E-state index contributed by atoms with van der Waals surface area (Å²) < 4.78 is 2.23. The Morgan fingerprint density at radius 2 is 1.66 bits per heavy atom. The Hall–Kier alpha value is -3.75. The first-order valence-corrected chi connectivity index (χ1v) is 13.3. The normalized spacial score (nSPS) is 12.6. The fraction of sp³-hybridized carbons (Fsp3) is 0.367. The van der Waals surface area contributed by atoms with Gasteiger partial charge in [0.2, 0.25) is 0 Å². The van der Waals surface area contributed by atoms with Crippen molar-refractivity contribution in [1.29, 1.82) is 0 Å². The van der Waals surface area contributed by atoms with E-state index in [-0.39, 0.29) is 32.2 Å². The van der Waals surface area contributed by atoms with Crippen LogP contribution in [-0.4, -0.2) is 61.9 Å². The molecule has 0 saturated carbocycles. The Balaban J connectivity index is 1.40. The smallest absolute Gasteiger partial charge is 0.254 e. The Bertz CT molecular complexity index is 1490. The van der Waals surface area contributed by atoms with Gasteiger partial charge >= 0.3 is 0 Å². The molecule has 2 aromatic heterocycles. The third kappa shape index (κ3) is 5.01. The van der Waals surface area contributed by atoms with E-state index in [0.29, 0.717) is 12.1 Å². The summed E-state index contributed by atoms with van der Waals surface area (Å²) in [6, 6.07) is 14.3. The van der Waals surface area contributed by atoms with Crippen LogP contribution in [0, 0.1) is 13.8 Å². The zero-order valence-electron chi connectivity index (χ0n) is 22.3. The number of aryl methyl sites for hydroxylation is 5. The van der Waals surface area contributed by atoms with E-state index in [9.17, 15) is 15.0 Å². The number of nitrogens with one attached hydrogen (secondary N) is 1. The molecule has 1 amide bonds. The zero-order valence-corrected chi connectivity index (χ0v) is 22.3. The molecule has 0 radical (unpaired) electrons. The van der Waals surface area contributed by atoms with Crippen molar-refractivity contribution in [3.63, 3.8) is 0 Å². The van der Waals surface area contributed by atoms with Crippen molar-refractivity contribution >= 4 is 28.4 Å². The molecule has 38 heavy (non-hydrogen) atoms. The number of rotatable bonds is 8. The topological polar surface area (TPSA) is 104 Å². The lowest BCUT2D eigenvalue weighted by Crippen LogP contribution is -2.35. The maximum atomic E-state index is 13.0. The van der Waals surface area contributed by atoms with Crippen LogP contribution < -0.4 is 5.32 Å². The highest BCUT2D eigenvalue weighted by molar-refractivity contribution is 5.95. The van der Waals surface area contributed by atoms with Gasteiger partial charge in [-0.2, -0.15) is 0 Å². The van der Waals surface area contributed by atoms with E-state index >= 15 is 0 Å². The van der Waals surface area contributed by atoms with Crippen LogP contribution in [0.5, 0.6) is 0 Å². The van der Waals surface area contributed by atoms with E-state index in [1.165, 1.54) is 16.0 Å². The monoisotopic (exact) mass is 513 g/mol. The first-order valence-electron chi connectivity index (χ1n) is 13.3. The lowest BCUT2D eigenvalue weighted by molar-refractivity contribution is 0.0684. The van der Waals surface area contributed by atoms with Gasteiger partial charge in [0.15, 0.2) is 5.65 Å². The molecule has 4 aromatic rings. The molecule has 2 aromatic carbocycles. The SMILES string of the molecule is CCc1nc2c(C)cc(C)nc2n1Cc1ccc2c(c1)CCc1cc(C(=O)N(CCO)CCO)ccc1N2. The van der Waals surface area contributed by atoms with Gasteiger partial charge in [0, 0.05) is 42.1 Å². The maximum Gasteiger partial charge on any atom is 0.254 e. The van der Waals surface area contributed by atoms with Gasteiger partial charge in [-0.05, 0) is 79.3 Å². The number of hydrogen-bond acceptors (Lipinski definition) is 6. The van der Waals surface area contributed by atoms with Crippen molar-refractivity contribution in [2.45, 2.75) is 46.6 Å². The fourth-order valence-electron chi connectivity index (χ4n) is 5.35. The molecule has 5 rings (SSSR count). The van der Waals surface area contributed by atoms with Crippen molar-refractivity contribution in [3.8, 4) is 0 Å². The Kier molecular flexibility index (Phi) is 7.44. The number of aliphatic hydroxyl groups is 2. The second-order valence-corrected chi connectivity index (χ2v) is 9.95. The second kappa shape index (κ2) is 10.9. The molecule has 0 saturated heterocycles. The number of nitrogens with zero attached hydrogens (tertiary/aromatic N) is 4. The summed E-state index contributed by atoms with van der Waals surface area (Å²) in [6.45, 7) is 7.07. The summed E-state index contributed by atoms with van der Waals surface area (Å²) in [6.07, 6.45) is 2.49. The summed E-state index contributed by atoms with van der Waals surface area (Å²) in [7, 11) is 0. The molecule has 198 valence electrons. The number of pyridine rings is 1. The molecule has 0 fully saturated rings. The van der Waals surface area contributed by atoms with Gasteiger partial charge in [0.25, 0.3) is 5.91 Å². The van der Waals surface area contributed by atoms with Crippen LogP contribution in [0.25, 0.3) is 11.2 Å². The van der Waals surface area contributed by atoms with E-state index in [0.717, 1.165) is 64.4 Å². The predicted molar refractivity (Wildman–Crippen MR) is 149 cm³/mol. The van der Waals surface area contributed by atoms with Crippen molar-refractivity contribution in [1.82, 2.24) is 19.4 Å². The van der Waals surface area contributed by atoms with E-state index in [4.69, 9.17) is 9.97 Å². The second-order valence-electron chi connectivity index (χ2n) is 9.95. The largest absolute Gasteiger partial charge is 0.395 e. The average Bonchev–Trinajstić information content (AvgIpc) is 3.14. The van der Waals surface area contributed by atoms with Crippen LogP contribution in [0.3, 0.4) is 0 Å². The van der Waals surface area contributed by atoms with Gasteiger partial charge in [0.05, 0.1) is 19.8 Å². The third-order valence-electron chi connectivity index (χ3n) is 7.24. The number of aliphatic hydroxyl groups excluding tert-OH is 2. The molecule has 0 spiro atoms. The van der Waals surface area contributed by atoms with E-state index < -0.39 is 0 Å². The van der Waals surface area contributed by atoms with Crippen molar-refractivity contribution < 1.29 is 15.0 Å². The number of carbonyl (C=O) groups is 1. The molecule has 1 aliphatic rings. The first kappa shape index (κ1) is 25.9. The lowest BCUT2D eigenvalue weighted by atomic mass is 10.0. The molecule has 0 unspecified atom stereocenters. The van der Waals surface area contributed by atoms with Gasteiger partial charge < -0.3 is 25.0 Å². The molecule has 3 N–H and O–H groups in total. The number of aromatic nitrogens is 3. The van der Waals surface area contributed by atoms with Crippen LogP contribution in [-0.2, 0) is 25.8 Å². The van der Waals surface area contributed by atoms with Gasteiger partial charge in [-0.25, -0.2) is 9.97 Å². The average molecular weight is 514 g/mol. The van der Waals surface area contributed by atoms with Crippen LogP contribution in [0.15, 0.2) is 42.5 Å². The van der Waals surface area contributed by atoms with Crippen LogP contribution in [0.2, 0.25) is 0 Å². The quantitative estimate of drug-likeness (QED) is 0.330. The highest BCUT2D eigenvalue weighted by atomic mass is 16.3. The minimum Gasteiger partial charge on any atom is -0.395 e. The summed E-state index contributed by atoms with van der Waals surface area (Å²) in [5, 5.41) is 22.2. The maximum absolute atomic E-state index is 13.0. The third-order valence-corrected chi connectivity index (χ3v) is 7.24. The summed E-state index contributed by atoms with van der Waals surface area (Å²) in [4.78, 5) is 24.2. The predicted octanol–water partition coefficient (Wildman–Crippen LogP) is 3.93. The summed E-state index contributed by atoms with van der Waals surface area (Å²) in [5.74, 6) is 0.855. The highest BCUT2D eigenvalue weighted by Gasteiger charge is 2.20. The molecule has 0 aliphatic carbocycles. The number of anilines is 2. The Labute approximate surface area is 223 Å². The van der Waals surface area contributed by atoms with Gasteiger partial charge in [0.1, 0.15) is 11.3 Å². The number of benzene rings is 2. The van der Waals surface area contributed by atoms with Gasteiger partial charge in [-0.3, -0.25) is 4.79 Å². The minimum absolute atomic E-state index is 0.139. The van der Waals surface area contributed by atoms with E-state index in [2.05, 4.69) is 48.0 Å². The first-order chi connectivity index (χ1) is 18.4. The van der Waals surface area contributed by atoms with Crippen molar-refractivity contribution in [2.75, 3.05) is 31.6 Å². The number of fused-ring (bicyclic) bond motifs is 3. The number of hydrogen-bond donors (Lipinski definition) is 3. The molecule has 3 heterocycles. The summed E-state index contributed by atoms with van der Waals surface area (Å²) in [5.41, 5.74) is 10.2. The van der Waals surface area contributed by atoms with E-state index in [1.807, 2.05) is 25.1 Å². The number of imidazole rings is 1. The Morgan fingerprint density at radius 1 is 0.974 bits per heavy atom. The van der Waals surface area contributed by atoms with Crippen LogP contribution in [0.4, 0.5) is 11.4 Å². The number of carbonyl (C=O) groups excluding carboxylic acids is 1. The van der Waals surface area contributed by atoms with Gasteiger partial charge in [-0.1, -0.05) is 19.1 Å². The standard InChI is InChI=1S/C30H35N5O3/c1-4-27-33-28-19(2)15-20(3)31-29(28)35(27)18-21-5-9-25-22(16-21)6-7-23-17-24(8-10-26(23)32-25)30(38)34(11-13-36)12-14-37/h5,8-10,15-17,32,36-37H,4,6-7,11-14,18H2,1-3H3. The Morgan fingerprint density at radius 3 is 2.34 bits per heavy atom. The number of amides is 1. The molecule has 0 atom stereocenters. The van der Waals surface area contributed by atoms with Crippen molar-refractivity contribution in [2.24, 2.45) is 0 Å². The summed E-state index contributed by atoms with van der Waals surface area (Å²) >= 11 is 0. The van der Waals surface area contributed by atoms with Crippen LogP contribution >= 0.6 is 0 Å². The van der Waals surface area contributed by atoms with Gasteiger partial charge in [-0.15, -0.1) is 0 Å². The molecule has 0 bridgehead atoms. The highest BCUT2D eigenvalue weighted by Crippen LogP contribution is 2.32. The zero-order chi connectivity index (χ0) is 26.8. The molecule has 8 nitrogen and oxygen atoms in total. The lowest BCUT2D eigenvalue weighted by Gasteiger charge is -2.21. The molecule has 8 heteroatoms. The molecular weight excluding hydrogens is 478 g/mol. The van der Waals surface area contributed by atoms with Crippen LogP contribution in [0.1, 0.15) is 51.1 Å². The minimum atomic E-state index is -0.182. The molecule has 1 aliphatic heterocycles. The molecular formula is C30H35N5O3. The van der Waals surface area contributed by atoms with Crippen molar-refractivity contribution in [3.05, 3.63) is 81.8 Å². The van der Waals surface area contributed by atoms with E-state index in [1.54, 1.807) is 0 Å².